The topological polar surface area (TPSA) is 72.8 Å². The van der Waals surface area contributed by atoms with E-state index in [9.17, 15) is 14.7 Å². The lowest BCUT2D eigenvalue weighted by Crippen LogP contribution is -2.43. The Balaban J connectivity index is 4.46. The summed E-state index contributed by atoms with van der Waals surface area (Å²) in [5.74, 6) is -2.07. The van der Waals surface area contributed by atoms with E-state index in [1.165, 1.54) is 0 Å². The third-order valence-electron chi connectivity index (χ3n) is 3.38. The van der Waals surface area contributed by atoms with Crippen molar-refractivity contribution >= 4 is 28.6 Å². The zero-order valence-corrected chi connectivity index (χ0v) is 18.3. The predicted molar refractivity (Wildman–Crippen MR) is 102 cm³/mol. The van der Waals surface area contributed by atoms with Crippen molar-refractivity contribution in [2.75, 3.05) is 6.61 Å². The van der Waals surface area contributed by atoms with Gasteiger partial charge in [0, 0.05) is 0 Å². The average molecular weight is 375 g/mol. The molecular formula is C17H34O5Si2. The molecule has 0 aromatic heterocycles. The summed E-state index contributed by atoms with van der Waals surface area (Å²) >= 11 is 0. The lowest BCUT2D eigenvalue weighted by atomic mass is 9.90. The van der Waals surface area contributed by atoms with Crippen LogP contribution in [0.1, 0.15) is 26.7 Å². The van der Waals surface area contributed by atoms with Crippen LogP contribution >= 0.6 is 0 Å². The van der Waals surface area contributed by atoms with E-state index in [0.29, 0.717) is 24.0 Å². The van der Waals surface area contributed by atoms with Gasteiger partial charge >= 0.3 is 11.9 Å². The summed E-state index contributed by atoms with van der Waals surface area (Å²) in [6, 6.07) is 0.716. The lowest BCUT2D eigenvalue weighted by Gasteiger charge is -2.31. The highest BCUT2D eigenvalue weighted by molar-refractivity contribution is 6.84. The molecule has 1 N–H and O–H groups in total. The zero-order chi connectivity index (χ0) is 19.1. The molecule has 1 unspecified atom stereocenters. The molecule has 0 fully saturated rings. The monoisotopic (exact) mass is 374 g/mol. The van der Waals surface area contributed by atoms with Gasteiger partial charge in [-0.05, 0) is 51.1 Å². The standard InChI is InChI=1S/C17H34O5Si2/c1-13(2)11-14(3)15(17(19)20)12-16(18)21-9-10-24(7,8)22-23(4,5)6/h13,15H,3,9-12H2,1-2,4-8H3,(H,19,20). The maximum absolute atomic E-state index is 12.0. The number of carbonyl (C=O) groups excluding carboxylic acids is 1. The molecule has 0 aliphatic carbocycles. The molecule has 0 aromatic carbocycles. The Hall–Kier alpha value is -0.926. The van der Waals surface area contributed by atoms with Crippen LogP contribution in [0.25, 0.3) is 0 Å². The fourth-order valence-corrected chi connectivity index (χ4v) is 10.2. The Morgan fingerprint density at radius 2 is 1.62 bits per heavy atom. The van der Waals surface area contributed by atoms with Crippen LogP contribution in [-0.4, -0.2) is 40.3 Å². The summed E-state index contributed by atoms with van der Waals surface area (Å²) in [6.45, 7) is 18.8. The molecule has 0 saturated carbocycles. The van der Waals surface area contributed by atoms with Crippen LogP contribution in [0.4, 0.5) is 0 Å². The number of esters is 1. The van der Waals surface area contributed by atoms with Crippen molar-refractivity contribution in [1.29, 1.82) is 0 Å². The molecule has 0 heterocycles. The molecule has 140 valence electrons. The molecule has 24 heavy (non-hydrogen) atoms. The second-order valence-electron chi connectivity index (χ2n) is 8.30. The van der Waals surface area contributed by atoms with Gasteiger partial charge in [-0.3, -0.25) is 9.59 Å². The van der Waals surface area contributed by atoms with Crippen molar-refractivity contribution in [1.82, 2.24) is 0 Å². The highest BCUT2D eigenvalue weighted by Crippen LogP contribution is 2.22. The molecular weight excluding hydrogens is 340 g/mol. The third kappa shape index (κ3) is 10.8. The van der Waals surface area contributed by atoms with Crippen molar-refractivity contribution in [3.63, 3.8) is 0 Å². The summed E-state index contributed by atoms with van der Waals surface area (Å²) in [5, 5.41) is 9.31. The van der Waals surface area contributed by atoms with Gasteiger partial charge in [-0.25, -0.2) is 0 Å². The van der Waals surface area contributed by atoms with Gasteiger partial charge in [0.2, 0.25) is 0 Å². The van der Waals surface area contributed by atoms with Crippen LogP contribution in [-0.2, 0) is 18.4 Å². The summed E-state index contributed by atoms with van der Waals surface area (Å²) < 4.78 is 11.4. The van der Waals surface area contributed by atoms with Crippen LogP contribution in [0.15, 0.2) is 12.2 Å². The van der Waals surface area contributed by atoms with E-state index < -0.39 is 34.5 Å². The Morgan fingerprint density at radius 1 is 1.08 bits per heavy atom. The SMILES string of the molecule is C=C(CC(C)C)C(CC(=O)OCC[Si](C)(C)O[Si](C)(C)C)C(=O)O. The van der Waals surface area contributed by atoms with Crippen LogP contribution in [0.3, 0.4) is 0 Å². The molecule has 0 saturated heterocycles. The second-order valence-corrected chi connectivity index (χ2v) is 17.4. The van der Waals surface area contributed by atoms with Crippen LogP contribution in [0, 0.1) is 11.8 Å². The molecule has 0 spiro atoms. The predicted octanol–water partition coefficient (Wildman–Crippen LogP) is 4.28. The first-order valence-corrected chi connectivity index (χ1v) is 15.0. The normalized spacial score (nSPS) is 13.7. The van der Waals surface area contributed by atoms with Gasteiger partial charge in [-0.2, -0.15) is 0 Å². The first-order valence-electron chi connectivity index (χ1n) is 8.50. The minimum atomic E-state index is -1.86. The van der Waals surface area contributed by atoms with Gasteiger partial charge in [0.05, 0.1) is 18.9 Å². The number of aliphatic carboxylic acids is 1. The average Bonchev–Trinajstić information content (AvgIpc) is 2.31. The van der Waals surface area contributed by atoms with Crippen LogP contribution in [0.2, 0.25) is 38.8 Å². The molecule has 0 radical (unpaired) electrons. The van der Waals surface area contributed by atoms with Crippen molar-refractivity contribution < 1.29 is 23.5 Å². The minimum Gasteiger partial charge on any atom is -0.481 e. The van der Waals surface area contributed by atoms with Crippen molar-refractivity contribution in [3.8, 4) is 0 Å². The number of hydrogen-bond acceptors (Lipinski definition) is 4. The van der Waals surface area contributed by atoms with Crippen molar-refractivity contribution in [2.45, 2.75) is 65.5 Å². The highest BCUT2D eigenvalue weighted by Gasteiger charge is 2.30. The van der Waals surface area contributed by atoms with E-state index in [1.807, 2.05) is 13.8 Å². The molecule has 0 bridgehead atoms. The molecule has 1 atom stereocenters. The molecule has 0 amide bonds. The first-order chi connectivity index (χ1) is 10.7. The van der Waals surface area contributed by atoms with Gasteiger partial charge in [0.1, 0.15) is 0 Å². The Bertz CT molecular complexity index is 452. The van der Waals surface area contributed by atoms with Gasteiger partial charge in [-0.15, -0.1) is 0 Å². The maximum atomic E-state index is 12.0. The maximum Gasteiger partial charge on any atom is 0.311 e. The van der Waals surface area contributed by atoms with E-state index >= 15 is 0 Å². The number of hydrogen-bond donors (Lipinski definition) is 1. The largest absolute Gasteiger partial charge is 0.481 e. The molecule has 5 nitrogen and oxygen atoms in total. The second kappa shape index (κ2) is 9.53. The van der Waals surface area contributed by atoms with Crippen LogP contribution in [0.5, 0.6) is 0 Å². The Labute approximate surface area is 148 Å². The summed E-state index contributed by atoms with van der Waals surface area (Å²) in [6.07, 6.45) is 0.436. The van der Waals surface area contributed by atoms with Gasteiger partial charge in [0.15, 0.2) is 16.6 Å². The van der Waals surface area contributed by atoms with Gasteiger partial charge in [0.25, 0.3) is 0 Å². The molecule has 0 aliphatic rings. The summed E-state index contributed by atoms with van der Waals surface area (Å²) in [7, 11) is -3.47. The minimum absolute atomic E-state index is 0.155. The van der Waals surface area contributed by atoms with E-state index in [1.54, 1.807) is 0 Å². The fourth-order valence-electron chi connectivity index (χ4n) is 2.59. The number of carbonyl (C=O) groups is 2. The van der Waals surface area contributed by atoms with Crippen molar-refractivity contribution in [3.05, 3.63) is 12.2 Å². The van der Waals surface area contributed by atoms with E-state index in [-0.39, 0.29) is 13.0 Å². The lowest BCUT2D eigenvalue weighted by molar-refractivity contribution is -0.150. The molecule has 7 heteroatoms. The summed E-state index contributed by atoms with van der Waals surface area (Å²) in [4.78, 5) is 23.3. The third-order valence-corrected chi connectivity index (χ3v) is 9.45. The highest BCUT2D eigenvalue weighted by atomic mass is 28.4. The zero-order valence-electron chi connectivity index (χ0n) is 16.3. The number of carboxylic acids is 1. The van der Waals surface area contributed by atoms with Crippen LogP contribution < -0.4 is 0 Å². The Kier molecular flexibility index (Phi) is 9.16. The molecule has 0 aromatic rings. The fraction of sp³-hybridized carbons (Fsp3) is 0.765. The van der Waals surface area contributed by atoms with E-state index in [2.05, 4.69) is 39.3 Å². The van der Waals surface area contributed by atoms with Gasteiger partial charge < -0.3 is 14.0 Å². The first kappa shape index (κ1) is 23.1. The van der Waals surface area contributed by atoms with Crippen molar-refractivity contribution in [2.24, 2.45) is 11.8 Å². The number of carboxylic acid groups (broad SMARTS) is 1. The van der Waals surface area contributed by atoms with E-state index in [0.717, 1.165) is 0 Å². The summed E-state index contributed by atoms with van der Waals surface area (Å²) in [5.41, 5.74) is 0.575. The van der Waals surface area contributed by atoms with E-state index in [4.69, 9.17) is 8.85 Å². The molecule has 0 rings (SSSR count). The van der Waals surface area contributed by atoms with Gasteiger partial charge in [-0.1, -0.05) is 26.0 Å². The molecule has 0 aliphatic heterocycles. The smallest absolute Gasteiger partial charge is 0.311 e. The quantitative estimate of drug-likeness (QED) is 0.332. The Morgan fingerprint density at radius 3 is 2.04 bits per heavy atom. The number of ether oxygens (including phenoxy) is 1. The number of rotatable bonds is 11.